The molecule has 0 aromatic carbocycles. The summed E-state index contributed by atoms with van der Waals surface area (Å²) < 4.78 is 4.84. The summed E-state index contributed by atoms with van der Waals surface area (Å²) in [6, 6.07) is 3.43. The Kier molecular flexibility index (Phi) is 2.43. The Hall–Kier alpha value is -1.46. The van der Waals surface area contributed by atoms with Crippen LogP contribution in [0.3, 0.4) is 0 Å². The summed E-state index contributed by atoms with van der Waals surface area (Å²) in [5, 5.41) is 4.28. The molecule has 2 heterocycles. The van der Waals surface area contributed by atoms with Gasteiger partial charge in [0.15, 0.2) is 0 Å². The lowest BCUT2D eigenvalue weighted by atomic mass is 10.3. The van der Waals surface area contributed by atoms with Gasteiger partial charge in [0.2, 0.25) is 11.7 Å². The summed E-state index contributed by atoms with van der Waals surface area (Å²) in [6.45, 7) is 0.223. The maximum absolute atomic E-state index is 5.68. The van der Waals surface area contributed by atoms with Crippen LogP contribution in [0, 0.1) is 0 Å². The van der Waals surface area contributed by atoms with E-state index in [0.29, 0.717) is 22.4 Å². The maximum Gasteiger partial charge on any atom is 0.240 e. The van der Waals surface area contributed by atoms with Crippen LogP contribution < -0.4 is 5.73 Å². The predicted molar refractivity (Wildman–Crippen MR) is 50.4 cm³/mol. The van der Waals surface area contributed by atoms with E-state index in [4.69, 9.17) is 21.9 Å². The van der Waals surface area contributed by atoms with E-state index in [1.54, 1.807) is 12.1 Å². The van der Waals surface area contributed by atoms with Gasteiger partial charge in [-0.25, -0.2) is 0 Å². The standard InChI is InChI=1S/C8H7ClN4O/c9-5-1-2-6(11-4-5)8-12-7(3-10)14-13-8/h1-2,4H,3,10H2. The SMILES string of the molecule is NCc1nc(-c2ccc(Cl)cn2)no1. The molecule has 0 aliphatic carbocycles. The first-order chi connectivity index (χ1) is 6.79. The van der Waals surface area contributed by atoms with Crippen LogP contribution in [0.1, 0.15) is 5.89 Å². The Morgan fingerprint density at radius 1 is 1.43 bits per heavy atom. The number of nitrogens with zero attached hydrogens (tertiary/aromatic N) is 3. The highest BCUT2D eigenvalue weighted by atomic mass is 35.5. The van der Waals surface area contributed by atoms with Gasteiger partial charge < -0.3 is 10.3 Å². The fraction of sp³-hybridized carbons (Fsp3) is 0.125. The minimum Gasteiger partial charge on any atom is -0.338 e. The van der Waals surface area contributed by atoms with Crippen molar-refractivity contribution < 1.29 is 4.52 Å². The molecule has 0 amide bonds. The van der Waals surface area contributed by atoms with Gasteiger partial charge in [0.1, 0.15) is 5.69 Å². The highest BCUT2D eigenvalue weighted by Crippen LogP contribution is 2.14. The molecule has 2 aromatic rings. The van der Waals surface area contributed by atoms with Crippen molar-refractivity contribution in [2.45, 2.75) is 6.54 Å². The number of nitrogens with two attached hydrogens (primary N) is 1. The van der Waals surface area contributed by atoms with Crippen LogP contribution in [0.15, 0.2) is 22.9 Å². The molecule has 0 aliphatic heterocycles. The number of halogens is 1. The molecule has 0 bridgehead atoms. The van der Waals surface area contributed by atoms with E-state index in [1.807, 2.05) is 0 Å². The molecule has 0 spiro atoms. The quantitative estimate of drug-likeness (QED) is 0.807. The molecule has 2 aromatic heterocycles. The molecule has 0 saturated carbocycles. The van der Waals surface area contributed by atoms with Gasteiger partial charge in [0, 0.05) is 6.20 Å². The first-order valence-electron chi connectivity index (χ1n) is 3.94. The highest BCUT2D eigenvalue weighted by molar-refractivity contribution is 6.30. The summed E-state index contributed by atoms with van der Waals surface area (Å²) in [7, 11) is 0. The lowest BCUT2D eigenvalue weighted by Gasteiger charge is -1.91. The second-order valence-corrected chi connectivity index (χ2v) is 3.01. The van der Waals surface area contributed by atoms with E-state index >= 15 is 0 Å². The van der Waals surface area contributed by atoms with E-state index in [9.17, 15) is 0 Å². The molecule has 5 nitrogen and oxygen atoms in total. The molecule has 6 heteroatoms. The highest BCUT2D eigenvalue weighted by Gasteiger charge is 2.07. The number of rotatable bonds is 2. The molecule has 14 heavy (non-hydrogen) atoms. The Labute approximate surface area is 84.9 Å². The fourth-order valence-electron chi connectivity index (χ4n) is 0.950. The minimum atomic E-state index is 0.223. The fourth-order valence-corrected chi connectivity index (χ4v) is 1.06. The predicted octanol–water partition coefficient (Wildman–Crippen LogP) is 1.24. The topological polar surface area (TPSA) is 77.8 Å². The van der Waals surface area contributed by atoms with Crippen LogP contribution in [0.4, 0.5) is 0 Å². The molecule has 0 radical (unpaired) electrons. The summed E-state index contributed by atoms with van der Waals surface area (Å²) in [6.07, 6.45) is 1.52. The van der Waals surface area contributed by atoms with Gasteiger partial charge in [0.05, 0.1) is 11.6 Å². The van der Waals surface area contributed by atoms with Crippen LogP contribution in [0.25, 0.3) is 11.5 Å². The number of aromatic nitrogens is 3. The van der Waals surface area contributed by atoms with Gasteiger partial charge in [0.25, 0.3) is 0 Å². The molecule has 0 atom stereocenters. The second-order valence-electron chi connectivity index (χ2n) is 2.58. The maximum atomic E-state index is 5.68. The Bertz CT molecular complexity index is 425. The van der Waals surface area contributed by atoms with Crippen molar-refractivity contribution in [2.24, 2.45) is 5.73 Å². The second kappa shape index (κ2) is 3.73. The lowest BCUT2D eigenvalue weighted by Crippen LogP contribution is -1.95. The first-order valence-corrected chi connectivity index (χ1v) is 4.32. The molecule has 0 fully saturated rings. The Morgan fingerprint density at radius 3 is 2.86 bits per heavy atom. The van der Waals surface area contributed by atoms with Gasteiger partial charge in [-0.15, -0.1) is 0 Å². The Balaban J connectivity index is 2.34. The van der Waals surface area contributed by atoms with Gasteiger partial charge in [-0.05, 0) is 12.1 Å². The van der Waals surface area contributed by atoms with E-state index in [2.05, 4.69) is 15.1 Å². The van der Waals surface area contributed by atoms with Crippen LogP contribution in [-0.4, -0.2) is 15.1 Å². The van der Waals surface area contributed by atoms with E-state index in [0.717, 1.165) is 0 Å². The van der Waals surface area contributed by atoms with Crippen molar-refractivity contribution in [3.63, 3.8) is 0 Å². The van der Waals surface area contributed by atoms with Gasteiger partial charge in [-0.1, -0.05) is 16.8 Å². The zero-order valence-electron chi connectivity index (χ0n) is 7.14. The Morgan fingerprint density at radius 2 is 2.29 bits per heavy atom. The molecule has 2 N–H and O–H groups in total. The molecular formula is C8H7ClN4O. The van der Waals surface area contributed by atoms with Crippen molar-refractivity contribution >= 4 is 11.6 Å². The summed E-state index contributed by atoms with van der Waals surface area (Å²) in [4.78, 5) is 8.06. The van der Waals surface area contributed by atoms with Crippen molar-refractivity contribution in [3.05, 3.63) is 29.2 Å². The van der Waals surface area contributed by atoms with Crippen molar-refractivity contribution in [1.82, 2.24) is 15.1 Å². The van der Waals surface area contributed by atoms with Crippen LogP contribution >= 0.6 is 11.6 Å². The molecule has 0 aliphatic rings. The molecule has 2 rings (SSSR count). The normalized spacial score (nSPS) is 10.4. The zero-order valence-corrected chi connectivity index (χ0v) is 7.90. The summed E-state index contributed by atoms with van der Waals surface area (Å²) in [5.41, 5.74) is 5.94. The van der Waals surface area contributed by atoms with E-state index < -0.39 is 0 Å². The summed E-state index contributed by atoms with van der Waals surface area (Å²) >= 11 is 5.68. The molecule has 0 unspecified atom stereocenters. The molecule has 0 saturated heterocycles. The monoisotopic (exact) mass is 210 g/mol. The van der Waals surface area contributed by atoms with Crippen molar-refractivity contribution in [1.29, 1.82) is 0 Å². The third-order valence-corrected chi connectivity index (χ3v) is 1.82. The van der Waals surface area contributed by atoms with Gasteiger partial charge in [-0.2, -0.15) is 4.98 Å². The minimum absolute atomic E-state index is 0.223. The third kappa shape index (κ3) is 1.73. The average molecular weight is 211 g/mol. The van der Waals surface area contributed by atoms with Crippen molar-refractivity contribution in [3.8, 4) is 11.5 Å². The first kappa shape index (κ1) is 9.11. The lowest BCUT2D eigenvalue weighted by molar-refractivity contribution is 0.380. The van der Waals surface area contributed by atoms with E-state index in [1.165, 1.54) is 6.20 Å². The van der Waals surface area contributed by atoms with E-state index in [-0.39, 0.29) is 6.54 Å². The molecular weight excluding hydrogens is 204 g/mol. The average Bonchev–Trinajstić information content (AvgIpc) is 2.67. The van der Waals surface area contributed by atoms with Gasteiger partial charge in [-0.3, -0.25) is 4.98 Å². The third-order valence-electron chi connectivity index (χ3n) is 1.60. The van der Waals surface area contributed by atoms with Crippen molar-refractivity contribution in [2.75, 3.05) is 0 Å². The van der Waals surface area contributed by atoms with Crippen LogP contribution in [0.5, 0.6) is 0 Å². The molecule has 72 valence electrons. The number of hydrogen-bond acceptors (Lipinski definition) is 5. The largest absolute Gasteiger partial charge is 0.338 e. The van der Waals surface area contributed by atoms with Gasteiger partial charge >= 0.3 is 0 Å². The van der Waals surface area contributed by atoms with Crippen LogP contribution in [0.2, 0.25) is 5.02 Å². The number of pyridine rings is 1. The zero-order chi connectivity index (χ0) is 9.97. The number of hydrogen-bond donors (Lipinski definition) is 1. The summed E-state index contributed by atoms with van der Waals surface area (Å²) in [5.74, 6) is 0.805. The smallest absolute Gasteiger partial charge is 0.240 e. The van der Waals surface area contributed by atoms with Crippen LogP contribution in [-0.2, 0) is 6.54 Å².